The van der Waals surface area contributed by atoms with E-state index in [2.05, 4.69) is 20.6 Å². The van der Waals surface area contributed by atoms with Gasteiger partial charge in [-0.25, -0.2) is 4.98 Å². The van der Waals surface area contributed by atoms with Gasteiger partial charge in [-0.2, -0.15) is 4.98 Å². The van der Waals surface area contributed by atoms with Crippen molar-refractivity contribution in [2.75, 3.05) is 17.2 Å². The Balaban J connectivity index is 1.87. The summed E-state index contributed by atoms with van der Waals surface area (Å²) >= 11 is 6.17. The average molecular weight is 363 g/mol. The molecule has 1 aliphatic rings. The van der Waals surface area contributed by atoms with Gasteiger partial charge in [-0.1, -0.05) is 25.4 Å². The number of nitrogens with zero attached hydrogens (tertiary/aromatic N) is 2. The van der Waals surface area contributed by atoms with Gasteiger partial charge in [-0.05, 0) is 30.9 Å². The van der Waals surface area contributed by atoms with Crippen molar-refractivity contribution in [3.8, 4) is 5.75 Å². The Morgan fingerprint density at radius 3 is 2.60 bits per heavy atom. The smallest absolute Gasteiger partial charge is 0.225 e. The van der Waals surface area contributed by atoms with Crippen molar-refractivity contribution in [3.63, 3.8) is 0 Å². The first kappa shape index (κ1) is 17.8. The first-order valence-corrected chi connectivity index (χ1v) is 8.86. The Hall–Kier alpha value is -2.05. The number of hydrogen-bond acceptors (Lipinski definition) is 6. The molecule has 2 aromatic rings. The fraction of sp³-hybridized carbons (Fsp3) is 0.444. The molecule has 1 atom stereocenters. The van der Waals surface area contributed by atoms with Crippen molar-refractivity contribution >= 4 is 29.1 Å². The number of aromatic nitrogens is 2. The number of phenols is 1. The van der Waals surface area contributed by atoms with Gasteiger partial charge in [0, 0.05) is 18.1 Å². The Morgan fingerprint density at radius 2 is 2.00 bits per heavy atom. The number of aliphatic hydroxyl groups excluding tert-OH is 1. The zero-order valence-corrected chi connectivity index (χ0v) is 15.1. The molecule has 4 N–H and O–H groups in total. The molecule has 134 valence electrons. The standard InChI is InChI=1S/C18H23ClN4O2/c1-10(2)16(9-24)22-18-21-15(11-3-4-11)8-17(23-18)20-14-6-5-12(25)7-13(14)19/h5-8,10-11,16,24-25H,3-4,9H2,1-2H3,(H2,20,21,22,23)/t16-/m1/s1. The van der Waals surface area contributed by atoms with E-state index in [4.69, 9.17) is 11.6 Å². The van der Waals surface area contributed by atoms with Crippen molar-refractivity contribution in [3.05, 3.63) is 35.0 Å². The minimum Gasteiger partial charge on any atom is -0.508 e. The lowest BCUT2D eigenvalue weighted by atomic mass is 10.1. The Labute approximate surface area is 152 Å². The van der Waals surface area contributed by atoms with E-state index >= 15 is 0 Å². The zero-order chi connectivity index (χ0) is 18.0. The highest BCUT2D eigenvalue weighted by atomic mass is 35.5. The Kier molecular flexibility index (Phi) is 5.30. The molecule has 0 saturated heterocycles. The summed E-state index contributed by atoms with van der Waals surface area (Å²) in [6, 6.07) is 6.56. The third kappa shape index (κ3) is 4.52. The van der Waals surface area contributed by atoms with Gasteiger partial charge in [0.15, 0.2) is 0 Å². The predicted octanol–water partition coefficient (Wildman–Crippen LogP) is 3.89. The molecule has 6 nitrogen and oxygen atoms in total. The molecule has 1 aliphatic carbocycles. The number of nitrogens with one attached hydrogen (secondary N) is 2. The molecule has 0 amide bonds. The van der Waals surface area contributed by atoms with E-state index in [1.807, 2.05) is 19.9 Å². The van der Waals surface area contributed by atoms with Gasteiger partial charge >= 0.3 is 0 Å². The van der Waals surface area contributed by atoms with Crippen LogP contribution in [-0.4, -0.2) is 32.8 Å². The number of rotatable bonds is 7. The molecule has 0 bridgehead atoms. The number of hydrogen-bond donors (Lipinski definition) is 4. The van der Waals surface area contributed by atoms with E-state index in [-0.39, 0.29) is 24.3 Å². The van der Waals surface area contributed by atoms with Gasteiger partial charge in [0.25, 0.3) is 0 Å². The van der Waals surface area contributed by atoms with Crippen LogP contribution in [0.4, 0.5) is 17.5 Å². The number of anilines is 3. The van der Waals surface area contributed by atoms with Crippen LogP contribution in [0.15, 0.2) is 24.3 Å². The largest absolute Gasteiger partial charge is 0.508 e. The highest BCUT2D eigenvalue weighted by Gasteiger charge is 2.27. The zero-order valence-electron chi connectivity index (χ0n) is 14.3. The molecule has 25 heavy (non-hydrogen) atoms. The summed E-state index contributed by atoms with van der Waals surface area (Å²) < 4.78 is 0. The summed E-state index contributed by atoms with van der Waals surface area (Å²) in [7, 11) is 0. The molecule has 0 spiro atoms. The maximum absolute atomic E-state index is 9.54. The molecule has 1 fully saturated rings. The molecule has 1 saturated carbocycles. The molecule has 0 aliphatic heterocycles. The lowest BCUT2D eigenvalue weighted by Gasteiger charge is -2.20. The van der Waals surface area contributed by atoms with Gasteiger partial charge < -0.3 is 20.8 Å². The first-order valence-electron chi connectivity index (χ1n) is 8.48. The van der Waals surface area contributed by atoms with E-state index in [0.717, 1.165) is 18.5 Å². The maximum atomic E-state index is 9.54. The van der Waals surface area contributed by atoms with Crippen molar-refractivity contribution in [2.45, 2.75) is 38.6 Å². The molecule has 1 aromatic carbocycles. The van der Waals surface area contributed by atoms with Gasteiger partial charge in [-0.15, -0.1) is 0 Å². The molecular formula is C18H23ClN4O2. The van der Waals surface area contributed by atoms with Crippen LogP contribution in [0.5, 0.6) is 5.75 Å². The number of halogens is 1. The molecule has 0 radical (unpaired) electrons. The summed E-state index contributed by atoms with van der Waals surface area (Å²) in [5.74, 6) is 1.95. The topological polar surface area (TPSA) is 90.3 Å². The molecule has 3 rings (SSSR count). The summed E-state index contributed by atoms with van der Waals surface area (Å²) in [4.78, 5) is 9.10. The number of benzene rings is 1. The fourth-order valence-electron chi connectivity index (χ4n) is 2.52. The SMILES string of the molecule is CC(C)[C@@H](CO)Nc1nc(Nc2ccc(O)cc2Cl)cc(C2CC2)n1. The van der Waals surface area contributed by atoms with Crippen molar-refractivity contribution in [1.29, 1.82) is 0 Å². The second-order valence-corrected chi connectivity index (χ2v) is 7.15. The van der Waals surface area contributed by atoms with Crippen LogP contribution in [-0.2, 0) is 0 Å². The summed E-state index contributed by atoms with van der Waals surface area (Å²) in [5, 5.41) is 25.8. The molecule has 1 aromatic heterocycles. The minimum atomic E-state index is -0.112. The predicted molar refractivity (Wildman–Crippen MR) is 99.7 cm³/mol. The van der Waals surface area contributed by atoms with E-state index in [9.17, 15) is 10.2 Å². The average Bonchev–Trinajstić information content (AvgIpc) is 3.40. The van der Waals surface area contributed by atoms with Crippen LogP contribution in [0.2, 0.25) is 5.02 Å². The molecular weight excluding hydrogens is 340 g/mol. The maximum Gasteiger partial charge on any atom is 0.225 e. The lowest BCUT2D eigenvalue weighted by molar-refractivity contribution is 0.248. The van der Waals surface area contributed by atoms with E-state index < -0.39 is 0 Å². The van der Waals surface area contributed by atoms with Gasteiger partial charge in [-0.3, -0.25) is 0 Å². The highest BCUT2D eigenvalue weighted by molar-refractivity contribution is 6.33. The van der Waals surface area contributed by atoms with E-state index in [1.54, 1.807) is 12.1 Å². The summed E-state index contributed by atoms with van der Waals surface area (Å²) in [6.45, 7) is 4.09. The quantitative estimate of drug-likeness (QED) is 0.559. The van der Waals surface area contributed by atoms with E-state index in [1.165, 1.54) is 6.07 Å². The monoisotopic (exact) mass is 362 g/mol. The van der Waals surface area contributed by atoms with E-state index in [0.29, 0.717) is 28.4 Å². The number of aliphatic hydroxyl groups is 1. The highest BCUT2D eigenvalue weighted by Crippen LogP contribution is 2.40. The van der Waals surface area contributed by atoms with Gasteiger partial charge in [0.2, 0.25) is 5.95 Å². The first-order chi connectivity index (χ1) is 12.0. The van der Waals surface area contributed by atoms with Gasteiger partial charge in [0.1, 0.15) is 11.6 Å². The van der Waals surface area contributed by atoms with Crippen LogP contribution in [0.1, 0.15) is 38.3 Å². The van der Waals surface area contributed by atoms with Gasteiger partial charge in [0.05, 0.1) is 29.1 Å². The van der Waals surface area contributed by atoms with Crippen molar-refractivity contribution in [2.24, 2.45) is 5.92 Å². The number of aromatic hydroxyl groups is 1. The summed E-state index contributed by atoms with van der Waals surface area (Å²) in [6.07, 6.45) is 2.26. The summed E-state index contributed by atoms with van der Waals surface area (Å²) in [5.41, 5.74) is 1.64. The molecule has 0 unspecified atom stereocenters. The van der Waals surface area contributed by atoms with Crippen molar-refractivity contribution in [1.82, 2.24) is 9.97 Å². The van der Waals surface area contributed by atoms with Crippen LogP contribution < -0.4 is 10.6 Å². The normalized spacial score (nSPS) is 15.2. The van der Waals surface area contributed by atoms with Crippen LogP contribution in [0.25, 0.3) is 0 Å². The second kappa shape index (κ2) is 7.45. The van der Waals surface area contributed by atoms with Crippen LogP contribution >= 0.6 is 11.6 Å². The third-order valence-corrected chi connectivity index (χ3v) is 4.59. The third-order valence-electron chi connectivity index (χ3n) is 4.27. The molecule has 1 heterocycles. The Morgan fingerprint density at radius 1 is 1.24 bits per heavy atom. The Bertz CT molecular complexity index is 750. The lowest BCUT2D eigenvalue weighted by Crippen LogP contribution is -2.30. The fourth-order valence-corrected chi connectivity index (χ4v) is 2.74. The molecule has 7 heteroatoms. The van der Waals surface area contributed by atoms with Crippen molar-refractivity contribution < 1.29 is 10.2 Å². The van der Waals surface area contributed by atoms with Crippen LogP contribution in [0.3, 0.4) is 0 Å². The van der Waals surface area contributed by atoms with Crippen LogP contribution in [0, 0.1) is 5.92 Å². The number of phenolic OH excluding ortho intramolecular Hbond substituents is 1. The minimum absolute atomic E-state index is 0.0151. The second-order valence-electron chi connectivity index (χ2n) is 6.74.